The van der Waals surface area contributed by atoms with Gasteiger partial charge in [0.1, 0.15) is 29.2 Å². The summed E-state index contributed by atoms with van der Waals surface area (Å²) < 4.78 is 17.6. The molecule has 4 heterocycles. The van der Waals surface area contributed by atoms with Crippen molar-refractivity contribution in [2.75, 3.05) is 25.1 Å². The number of thiazole rings is 1. The molecule has 0 aliphatic carbocycles. The van der Waals surface area contributed by atoms with Crippen LogP contribution in [0.3, 0.4) is 0 Å². The van der Waals surface area contributed by atoms with Gasteiger partial charge in [-0.2, -0.15) is 0 Å². The second-order valence-electron chi connectivity index (χ2n) is 8.20. The highest BCUT2D eigenvalue weighted by molar-refractivity contribution is 7.09. The van der Waals surface area contributed by atoms with Gasteiger partial charge < -0.3 is 25.3 Å². The second-order valence-corrected chi connectivity index (χ2v) is 9.27. The SMILES string of the molecule is Cc1nc(C(=O)Nc2ccc3c(c2)C2(COC(N)=N2)C2(COC2)C(C)(C)O3)cs1. The zero-order valence-electron chi connectivity index (χ0n) is 16.4. The number of rotatable bonds is 2. The summed E-state index contributed by atoms with van der Waals surface area (Å²) in [6, 6.07) is 5.73. The molecule has 1 atom stereocenters. The van der Waals surface area contributed by atoms with Gasteiger partial charge in [-0.15, -0.1) is 11.3 Å². The highest BCUT2D eigenvalue weighted by Crippen LogP contribution is 2.62. The van der Waals surface area contributed by atoms with Gasteiger partial charge in [0, 0.05) is 16.6 Å². The first-order valence-corrected chi connectivity index (χ1v) is 10.3. The first-order valence-electron chi connectivity index (χ1n) is 9.39. The highest BCUT2D eigenvalue weighted by atomic mass is 32.1. The van der Waals surface area contributed by atoms with Crippen LogP contribution in [-0.4, -0.2) is 42.3 Å². The van der Waals surface area contributed by atoms with E-state index in [1.807, 2.05) is 39.0 Å². The van der Waals surface area contributed by atoms with Gasteiger partial charge in [0.2, 0.25) is 0 Å². The van der Waals surface area contributed by atoms with Crippen molar-refractivity contribution in [3.8, 4) is 5.75 Å². The van der Waals surface area contributed by atoms with Crippen molar-refractivity contribution >= 4 is 29.0 Å². The first-order chi connectivity index (χ1) is 13.8. The standard InChI is InChI=1S/C20H22N4O4S/c1-11-22-14(7-29-11)16(25)23-12-4-5-15-13(6-12)20(10-27-17(21)24-20)19(8-26-9-19)18(2,3)28-15/h4-7H,8-10H2,1-3H3,(H2,21,24)(H,23,25). The number of ether oxygens (including phenoxy) is 3. The van der Waals surface area contributed by atoms with Gasteiger partial charge in [0.15, 0.2) is 0 Å². The van der Waals surface area contributed by atoms with Crippen molar-refractivity contribution in [3.05, 3.63) is 39.8 Å². The highest BCUT2D eigenvalue weighted by Gasteiger charge is 2.71. The van der Waals surface area contributed by atoms with E-state index in [4.69, 9.17) is 24.9 Å². The second kappa shape index (κ2) is 5.93. The molecule has 2 aromatic rings. The van der Waals surface area contributed by atoms with E-state index in [1.54, 1.807) is 5.38 Å². The van der Waals surface area contributed by atoms with Crippen molar-refractivity contribution in [2.24, 2.45) is 16.1 Å². The monoisotopic (exact) mass is 414 g/mol. The van der Waals surface area contributed by atoms with Crippen LogP contribution in [0.2, 0.25) is 0 Å². The van der Waals surface area contributed by atoms with Crippen molar-refractivity contribution in [1.82, 2.24) is 4.98 Å². The molecule has 5 rings (SSSR count). The van der Waals surface area contributed by atoms with Gasteiger partial charge >= 0.3 is 0 Å². The van der Waals surface area contributed by atoms with Crippen LogP contribution in [0.5, 0.6) is 5.75 Å². The van der Waals surface area contributed by atoms with Crippen LogP contribution in [0.4, 0.5) is 5.69 Å². The fourth-order valence-electron chi connectivity index (χ4n) is 4.52. The lowest BCUT2D eigenvalue weighted by molar-refractivity contribution is -0.247. The zero-order chi connectivity index (χ0) is 20.4. The van der Waals surface area contributed by atoms with E-state index >= 15 is 0 Å². The van der Waals surface area contributed by atoms with Crippen molar-refractivity contribution < 1.29 is 19.0 Å². The summed E-state index contributed by atoms with van der Waals surface area (Å²) in [6.45, 7) is 7.26. The summed E-state index contributed by atoms with van der Waals surface area (Å²) in [7, 11) is 0. The Morgan fingerprint density at radius 1 is 1.28 bits per heavy atom. The Hall–Kier alpha value is -2.65. The fourth-order valence-corrected chi connectivity index (χ4v) is 5.11. The van der Waals surface area contributed by atoms with Gasteiger partial charge in [0.25, 0.3) is 11.9 Å². The molecule has 1 aromatic heterocycles. The summed E-state index contributed by atoms with van der Waals surface area (Å²) >= 11 is 1.44. The number of aryl methyl sites for hydroxylation is 1. The van der Waals surface area contributed by atoms with E-state index in [2.05, 4.69) is 10.3 Å². The number of anilines is 1. The Kier molecular flexibility index (Phi) is 3.76. The molecule has 3 aliphatic heterocycles. The van der Waals surface area contributed by atoms with Gasteiger partial charge in [-0.1, -0.05) is 0 Å². The van der Waals surface area contributed by atoms with Crippen LogP contribution >= 0.6 is 11.3 Å². The topological polar surface area (TPSA) is 108 Å². The first kappa shape index (κ1) is 18.4. The average molecular weight is 414 g/mol. The number of hydrogen-bond donors (Lipinski definition) is 2. The normalized spacial score (nSPS) is 25.6. The van der Waals surface area contributed by atoms with Crippen LogP contribution in [0.1, 0.15) is 34.9 Å². The number of carbonyl (C=O) groups excluding carboxylic acids is 1. The summed E-state index contributed by atoms with van der Waals surface area (Å²) in [5, 5.41) is 5.51. The smallest absolute Gasteiger partial charge is 0.283 e. The van der Waals surface area contributed by atoms with Crippen LogP contribution in [0, 0.1) is 12.3 Å². The quantitative estimate of drug-likeness (QED) is 0.781. The maximum Gasteiger partial charge on any atom is 0.283 e. The molecule has 1 fully saturated rings. The van der Waals surface area contributed by atoms with E-state index in [0.29, 0.717) is 37.0 Å². The summed E-state index contributed by atoms with van der Waals surface area (Å²) in [5.41, 5.74) is 6.15. The molecule has 152 valence electrons. The van der Waals surface area contributed by atoms with Crippen LogP contribution in [-0.2, 0) is 15.0 Å². The third-order valence-corrected chi connectivity index (χ3v) is 7.04. The molecule has 1 amide bonds. The average Bonchev–Trinajstić information content (AvgIpc) is 3.21. The molecule has 1 saturated heterocycles. The molecule has 1 unspecified atom stereocenters. The molecular weight excluding hydrogens is 392 g/mol. The molecule has 3 aliphatic rings. The Morgan fingerprint density at radius 3 is 2.66 bits per heavy atom. The molecular formula is C20H22N4O4S. The van der Waals surface area contributed by atoms with Crippen LogP contribution in [0.25, 0.3) is 0 Å². The Bertz CT molecular complexity index is 1040. The minimum atomic E-state index is -0.732. The lowest BCUT2D eigenvalue weighted by Crippen LogP contribution is -2.71. The molecule has 2 spiro atoms. The van der Waals surface area contributed by atoms with Crippen molar-refractivity contribution in [1.29, 1.82) is 0 Å². The van der Waals surface area contributed by atoms with E-state index < -0.39 is 16.6 Å². The van der Waals surface area contributed by atoms with E-state index in [-0.39, 0.29) is 11.9 Å². The molecule has 0 bridgehead atoms. The van der Waals surface area contributed by atoms with E-state index in [1.165, 1.54) is 11.3 Å². The minimum absolute atomic E-state index is 0.160. The third-order valence-electron chi connectivity index (χ3n) is 6.27. The number of benzene rings is 1. The van der Waals surface area contributed by atoms with E-state index in [0.717, 1.165) is 10.6 Å². The lowest BCUT2D eigenvalue weighted by atomic mass is 9.55. The molecule has 3 N–H and O–H groups in total. The van der Waals surface area contributed by atoms with E-state index in [9.17, 15) is 4.79 Å². The molecule has 0 saturated carbocycles. The number of nitrogens with one attached hydrogen (secondary N) is 1. The number of nitrogens with two attached hydrogens (primary N) is 1. The van der Waals surface area contributed by atoms with Gasteiger partial charge in [-0.05, 0) is 39.0 Å². The molecule has 29 heavy (non-hydrogen) atoms. The van der Waals surface area contributed by atoms with Crippen LogP contribution in [0.15, 0.2) is 28.6 Å². The minimum Gasteiger partial charge on any atom is -0.487 e. The number of amides is 1. The number of hydrogen-bond acceptors (Lipinski definition) is 8. The number of aromatic nitrogens is 1. The Balaban J connectivity index is 1.58. The van der Waals surface area contributed by atoms with Gasteiger partial charge in [0.05, 0.1) is 23.6 Å². The molecule has 8 nitrogen and oxygen atoms in total. The summed E-state index contributed by atoms with van der Waals surface area (Å²) in [6.07, 6.45) is 0. The lowest BCUT2D eigenvalue weighted by Gasteiger charge is -2.61. The summed E-state index contributed by atoms with van der Waals surface area (Å²) in [4.78, 5) is 21.6. The number of amidine groups is 1. The number of carbonyl (C=O) groups is 1. The van der Waals surface area contributed by atoms with Gasteiger partial charge in [-0.25, -0.2) is 9.98 Å². The largest absolute Gasteiger partial charge is 0.487 e. The number of fused-ring (bicyclic) bond motifs is 3. The Labute approximate surface area is 172 Å². The maximum atomic E-state index is 12.6. The molecule has 9 heteroatoms. The Morgan fingerprint density at radius 2 is 2.07 bits per heavy atom. The van der Waals surface area contributed by atoms with Crippen LogP contribution < -0.4 is 15.8 Å². The fraction of sp³-hybridized carbons (Fsp3) is 0.450. The third kappa shape index (κ3) is 2.43. The predicted octanol–water partition coefficient (Wildman–Crippen LogP) is 2.43. The predicted molar refractivity (Wildman–Crippen MR) is 108 cm³/mol. The van der Waals surface area contributed by atoms with Crippen molar-refractivity contribution in [3.63, 3.8) is 0 Å². The van der Waals surface area contributed by atoms with Gasteiger partial charge in [-0.3, -0.25) is 4.79 Å². The van der Waals surface area contributed by atoms with Crippen molar-refractivity contribution in [2.45, 2.75) is 31.9 Å². The summed E-state index contributed by atoms with van der Waals surface area (Å²) in [5.74, 6) is 0.449. The molecule has 0 radical (unpaired) electrons. The number of aliphatic imine (C=N–C) groups is 1. The maximum absolute atomic E-state index is 12.6. The molecule has 1 aromatic carbocycles. The zero-order valence-corrected chi connectivity index (χ0v) is 17.3. The number of nitrogens with zero attached hydrogens (tertiary/aromatic N) is 2.